The molecule has 18 heavy (non-hydrogen) atoms. The summed E-state index contributed by atoms with van der Waals surface area (Å²) in [6.45, 7) is 1.79. The van der Waals surface area contributed by atoms with Crippen molar-refractivity contribution in [2.45, 2.75) is 6.42 Å². The van der Waals surface area contributed by atoms with Gasteiger partial charge in [-0.25, -0.2) is 4.98 Å². The molecule has 0 fully saturated rings. The summed E-state index contributed by atoms with van der Waals surface area (Å²) < 4.78 is 5.24. The summed E-state index contributed by atoms with van der Waals surface area (Å²) in [7, 11) is 0. The number of nitrogens with zero attached hydrogens (tertiary/aromatic N) is 2. The third-order valence-electron chi connectivity index (χ3n) is 2.81. The second-order valence-electron chi connectivity index (χ2n) is 4.08. The van der Waals surface area contributed by atoms with Crippen molar-refractivity contribution in [3.8, 4) is 11.5 Å². The lowest BCUT2D eigenvalue weighted by molar-refractivity contribution is 0.574. The van der Waals surface area contributed by atoms with E-state index in [0.29, 0.717) is 10.9 Å². The molecule has 2 heterocycles. The van der Waals surface area contributed by atoms with Gasteiger partial charge < -0.3 is 9.73 Å². The first-order valence-electron chi connectivity index (χ1n) is 5.78. The molecule has 0 aliphatic carbocycles. The van der Waals surface area contributed by atoms with Gasteiger partial charge in [0.1, 0.15) is 12.1 Å². The molecule has 0 amide bonds. The quantitative estimate of drug-likeness (QED) is 0.924. The maximum absolute atomic E-state index is 6.25. The number of nitrogens with one attached hydrogen (secondary N) is 1. The fourth-order valence-corrected chi connectivity index (χ4v) is 2.24. The molecule has 1 aliphatic heterocycles. The van der Waals surface area contributed by atoms with Gasteiger partial charge in [0.25, 0.3) is 0 Å². The van der Waals surface area contributed by atoms with Gasteiger partial charge in [-0.15, -0.1) is 0 Å². The number of benzene rings is 1. The van der Waals surface area contributed by atoms with E-state index in [1.165, 1.54) is 6.26 Å². The molecule has 2 aromatic rings. The van der Waals surface area contributed by atoms with Crippen LogP contribution in [0, 0.1) is 0 Å². The Hall–Kier alpha value is -1.81. The zero-order chi connectivity index (χ0) is 12.4. The van der Waals surface area contributed by atoms with Crippen molar-refractivity contribution < 1.29 is 4.42 Å². The molecule has 0 unspecified atom stereocenters. The molecule has 1 N–H and O–H groups in total. The predicted octanol–water partition coefficient (Wildman–Crippen LogP) is 2.54. The first-order valence-corrected chi connectivity index (χ1v) is 6.16. The number of rotatable bonds is 3. The van der Waals surface area contributed by atoms with E-state index in [4.69, 9.17) is 16.0 Å². The van der Waals surface area contributed by atoms with Crippen LogP contribution in [0.2, 0.25) is 5.02 Å². The number of hydrogen-bond acceptors (Lipinski definition) is 4. The lowest BCUT2D eigenvalue weighted by atomic mass is 10.1. The molecule has 5 heteroatoms. The highest BCUT2D eigenvalue weighted by atomic mass is 35.5. The Morgan fingerprint density at radius 1 is 1.39 bits per heavy atom. The van der Waals surface area contributed by atoms with E-state index in [1.54, 1.807) is 6.20 Å². The molecule has 0 spiro atoms. The Morgan fingerprint density at radius 3 is 3.00 bits per heavy atom. The van der Waals surface area contributed by atoms with E-state index < -0.39 is 0 Å². The largest absolute Gasteiger partial charge is 0.444 e. The average Bonchev–Trinajstić information content (AvgIpc) is 3.01. The van der Waals surface area contributed by atoms with Crippen LogP contribution in [0.15, 0.2) is 40.1 Å². The standard InChI is InChI=1S/C13H12ClN3O/c14-11-7-9(8-12-15-3-4-16-12)1-2-10(11)13-17-5-6-18-13/h1-2,5-7H,3-4,8H2,(H,15,16). The van der Waals surface area contributed by atoms with E-state index in [-0.39, 0.29) is 0 Å². The Labute approximate surface area is 110 Å². The fraction of sp³-hybridized carbons (Fsp3) is 0.231. The molecule has 4 nitrogen and oxygen atoms in total. The van der Waals surface area contributed by atoms with Crippen molar-refractivity contribution in [1.82, 2.24) is 10.3 Å². The van der Waals surface area contributed by atoms with E-state index in [9.17, 15) is 0 Å². The number of amidine groups is 1. The van der Waals surface area contributed by atoms with Gasteiger partial charge in [-0.2, -0.15) is 0 Å². The van der Waals surface area contributed by atoms with Gasteiger partial charge in [0, 0.05) is 13.0 Å². The van der Waals surface area contributed by atoms with Crippen molar-refractivity contribution in [2.75, 3.05) is 13.1 Å². The minimum Gasteiger partial charge on any atom is -0.444 e. The summed E-state index contributed by atoms with van der Waals surface area (Å²) in [5.41, 5.74) is 1.94. The van der Waals surface area contributed by atoms with Crippen molar-refractivity contribution in [3.05, 3.63) is 41.2 Å². The van der Waals surface area contributed by atoms with E-state index in [1.807, 2.05) is 18.2 Å². The highest BCUT2D eigenvalue weighted by molar-refractivity contribution is 6.33. The number of aliphatic imine (C=N–C) groups is 1. The Kier molecular flexibility index (Phi) is 3.02. The summed E-state index contributed by atoms with van der Waals surface area (Å²) in [5, 5.41) is 3.89. The Morgan fingerprint density at radius 2 is 2.33 bits per heavy atom. The van der Waals surface area contributed by atoms with Gasteiger partial charge in [-0.3, -0.25) is 4.99 Å². The maximum Gasteiger partial charge on any atom is 0.227 e. The van der Waals surface area contributed by atoms with E-state index in [2.05, 4.69) is 15.3 Å². The monoisotopic (exact) mass is 261 g/mol. The zero-order valence-electron chi connectivity index (χ0n) is 9.69. The molecular weight excluding hydrogens is 250 g/mol. The van der Waals surface area contributed by atoms with Gasteiger partial charge in [0.05, 0.1) is 23.3 Å². The molecule has 0 radical (unpaired) electrons. The van der Waals surface area contributed by atoms with Gasteiger partial charge >= 0.3 is 0 Å². The summed E-state index contributed by atoms with van der Waals surface area (Å²) in [6.07, 6.45) is 3.93. The van der Waals surface area contributed by atoms with Crippen LogP contribution in [-0.4, -0.2) is 23.9 Å². The first kappa shape index (κ1) is 11.3. The Bertz CT molecular complexity index is 578. The van der Waals surface area contributed by atoms with Crippen molar-refractivity contribution >= 4 is 17.4 Å². The molecule has 1 aromatic carbocycles. The van der Waals surface area contributed by atoms with Crippen LogP contribution < -0.4 is 5.32 Å². The summed E-state index contributed by atoms with van der Waals surface area (Å²) in [4.78, 5) is 8.46. The second kappa shape index (κ2) is 4.82. The summed E-state index contributed by atoms with van der Waals surface area (Å²) >= 11 is 6.25. The second-order valence-corrected chi connectivity index (χ2v) is 4.49. The van der Waals surface area contributed by atoms with Crippen LogP contribution >= 0.6 is 11.6 Å². The molecule has 0 saturated heterocycles. The van der Waals surface area contributed by atoms with Crippen molar-refractivity contribution in [3.63, 3.8) is 0 Å². The number of oxazole rings is 1. The molecule has 3 rings (SSSR count). The third-order valence-corrected chi connectivity index (χ3v) is 3.12. The van der Waals surface area contributed by atoms with Crippen molar-refractivity contribution in [2.24, 2.45) is 4.99 Å². The van der Waals surface area contributed by atoms with E-state index in [0.717, 1.165) is 36.5 Å². The molecule has 0 atom stereocenters. The first-order chi connectivity index (χ1) is 8.83. The summed E-state index contributed by atoms with van der Waals surface area (Å²) in [6, 6.07) is 5.89. The molecule has 1 aliphatic rings. The average molecular weight is 262 g/mol. The SMILES string of the molecule is Clc1cc(CC2=NCCN2)ccc1-c1ncco1. The number of hydrogen-bond donors (Lipinski definition) is 1. The van der Waals surface area contributed by atoms with Crippen LogP contribution in [0.4, 0.5) is 0 Å². The van der Waals surface area contributed by atoms with Gasteiger partial charge in [0.2, 0.25) is 5.89 Å². The van der Waals surface area contributed by atoms with E-state index >= 15 is 0 Å². The Balaban J connectivity index is 1.84. The smallest absolute Gasteiger partial charge is 0.227 e. The van der Waals surface area contributed by atoms with Gasteiger partial charge in [-0.1, -0.05) is 17.7 Å². The molecular formula is C13H12ClN3O. The van der Waals surface area contributed by atoms with Crippen LogP contribution in [-0.2, 0) is 6.42 Å². The molecule has 0 saturated carbocycles. The van der Waals surface area contributed by atoms with Gasteiger partial charge in [-0.05, 0) is 17.7 Å². The molecule has 92 valence electrons. The van der Waals surface area contributed by atoms with Crippen LogP contribution in [0.5, 0.6) is 0 Å². The fourth-order valence-electron chi connectivity index (χ4n) is 1.96. The highest BCUT2D eigenvalue weighted by Gasteiger charge is 2.11. The molecule has 1 aromatic heterocycles. The number of aromatic nitrogens is 1. The van der Waals surface area contributed by atoms with Crippen molar-refractivity contribution in [1.29, 1.82) is 0 Å². The van der Waals surface area contributed by atoms with Crippen LogP contribution in [0.3, 0.4) is 0 Å². The topological polar surface area (TPSA) is 50.4 Å². The minimum absolute atomic E-state index is 0.544. The zero-order valence-corrected chi connectivity index (χ0v) is 10.4. The predicted molar refractivity (Wildman–Crippen MR) is 71.0 cm³/mol. The maximum atomic E-state index is 6.25. The minimum atomic E-state index is 0.544. The lowest BCUT2D eigenvalue weighted by Gasteiger charge is -2.05. The normalized spacial score (nSPS) is 14.4. The number of halogens is 1. The molecule has 0 bridgehead atoms. The lowest BCUT2D eigenvalue weighted by Crippen LogP contribution is -2.20. The van der Waals surface area contributed by atoms with Gasteiger partial charge in [0.15, 0.2) is 0 Å². The van der Waals surface area contributed by atoms with Crippen LogP contribution in [0.25, 0.3) is 11.5 Å². The summed E-state index contributed by atoms with van der Waals surface area (Å²) in [5.74, 6) is 1.57. The third kappa shape index (κ3) is 2.24. The highest BCUT2D eigenvalue weighted by Crippen LogP contribution is 2.27. The van der Waals surface area contributed by atoms with Crippen LogP contribution in [0.1, 0.15) is 5.56 Å².